The second-order valence-electron chi connectivity index (χ2n) is 14.6. The molecule has 0 unspecified atom stereocenters. The Bertz CT molecular complexity index is 556. The molecule has 0 aliphatic rings. The molecular formula is C41H84O4S2. The molecule has 6 heteroatoms. The average molecular weight is 705 g/mol. The Morgan fingerprint density at radius 2 is 0.511 bits per heavy atom. The molecule has 0 heterocycles. The maximum atomic E-state index is 11.6. The summed E-state index contributed by atoms with van der Waals surface area (Å²) in [6, 6.07) is 0. The van der Waals surface area contributed by atoms with Gasteiger partial charge in [-0.1, -0.05) is 206 Å². The van der Waals surface area contributed by atoms with Crippen molar-refractivity contribution in [2.45, 2.75) is 224 Å². The van der Waals surface area contributed by atoms with Gasteiger partial charge in [-0.25, -0.2) is 0 Å². The molecule has 0 amide bonds. The van der Waals surface area contributed by atoms with Crippen molar-refractivity contribution in [1.29, 1.82) is 0 Å². The topological polar surface area (TPSA) is 80.9 Å². The molecule has 4 nitrogen and oxygen atoms in total. The van der Waals surface area contributed by atoms with E-state index in [-0.39, 0.29) is 0 Å². The highest BCUT2D eigenvalue weighted by Crippen LogP contribution is 2.49. The second-order valence-corrected chi connectivity index (χ2v) is 17.5. The van der Waals surface area contributed by atoms with Crippen LogP contribution >= 0.6 is 23.5 Å². The van der Waals surface area contributed by atoms with Gasteiger partial charge in [0.2, 0.25) is 0 Å². The fraction of sp³-hybridized carbons (Fsp3) is 1.00. The van der Waals surface area contributed by atoms with Gasteiger partial charge in [0.15, 0.2) is 4.27 Å². The summed E-state index contributed by atoms with van der Waals surface area (Å²) in [6.07, 6.45) is 42.8. The molecule has 0 rings (SSSR count). The molecule has 0 saturated carbocycles. The highest BCUT2D eigenvalue weighted by molar-refractivity contribution is 8.18. The van der Waals surface area contributed by atoms with E-state index in [0.717, 1.165) is 37.2 Å². The van der Waals surface area contributed by atoms with E-state index in [0.29, 0.717) is 0 Å². The number of aliphatic hydroxyl groups is 4. The molecule has 0 fully saturated rings. The lowest BCUT2D eigenvalue weighted by Gasteiger charge is -2.43. The minimum Gasteiger partial charge on any atom is -0.395 e. The first-order valence-corrected chi connectivity index (χ1v) is 22.9. The van der Waals surface area contributed by atoms with Crippen molar-refractivity contribution in [3.8, 4) is 0 Å². The van der Waals surface area contributed by atoms with Crippen molar-refractivity contribution in [2.75, 3.05) is 31.3 Å². The maximum Gasteiger partial charge on any atom is 0.169 e. The molecule has 0 bridgehead atoms. The largest absolute Gasteiger partial charge is 0.395 e. The Hall–Kier alpha value is 0.540. The molecule has 0 atom stereocenters. The van der Waals surface area contributed by atoms with Gasteiger partial charge in [0.1, 0.15) is 0 Å². The van der Waals surface area contributed by atoms with Crippen molar-refractivity contribution >= 4 is 23.5 Å². The summed E-state index contributed by atoms with van der Waals surface area (Å²) in [5.74, 6) is 1.56. The molecule has 0 aromatic rings. The van der Waals surface area contributed by atoms with Crippen LogP contribution in [0.2, 0.25) is 0 Å². The molecule has 0 radical (unpaired) electrons. The van der Waals surface area contributed by atoms with E-state index in [2.05, 4.69) is 13.8 Å². The van der Waals surface area contributed by atoms with Crippen LogP contribution in [0.1, 0.15) is 219 Å². The van der Waals surface area contributed by atoms with Crippen molar-refractivity contribution in [1.82, 2.24) is 0 Å². The fourth-order valence-corrected chi connectivity index (χ4v) is 9.60. The van der Waals surface area contributed by atoms with Crippen molar-refractivity contribution in [3.63, 3.8) is 0 Å². The molecule has 0 saturated heterocycles. The first-order valence-electron chi connectivity index (χ1n) is 20.9. The highest BCUT2D eigenvalue weighted by Gasteiger charge is 2.50. The van der Waals surface area contributed by atoms with Gasteiger partial charge in [-0.3, -0.25) is 0 Å². The minimum absolute atomic E-state index is 0.422. The van der Waals surface area contributed by atoms with Gasteiger partial charge in [0, 0.05) is 0 Å². The first-order chi connectivity index (χ1) is 23.1. The molecular weight excluding hydrogens is 621 g/mol. The molecule has 284 valence electrons. The Kier molecular flexibility index (Phi) is 36.8. The molecule has 47 heavy (non-hydrogen) atoms. The second kappa shape index (κ2) is 36.3. The molecule has 0 aliphatic heterocycles. The predicted molar refractivity (Wildman–Crippen MR) is 213 cm³/mol. The lowest BCUT2D eigenvalue weighted by molar-refractivity contribution is -0.0617. The third kappa shape index (κ3) is 26.9. The number of unbranched alkanes of at least 4 members (excludes halogenated alkanes) is 30. The number of aliphatic hydroxyl groups excluding tert-OH is 3. The molecule has 0 aromatic carbocycles. The van der Waals surface area contributed by atoms with E-state index >= 15 is 0 Å². The molecule has 0 spiro atoms. The molecule has 0 aromatic heterocycles. The smallest absolute Gasteiger partial charge is 0.169 e. The van der Waals surface area contributed by atoms with E-state index in [1.807, 2.05) is 0 Å². The summed E-state index contributed by atoms with van der Waals surface area (Å²) < 4.78 is -1.38. The van der Waals surface area contributed by atoms with Crippen LogP contribution < -0.4 is 0 Å². The standard InChI is InChI=1S/C41H84O4S2/c1-3-5-7-9-11-13-15-17-19-21-23-25-27-29-31-33-35-46-41(45,40(37-42,38-43)39-44)47-36-34-32-30-28-26-24-22-20-18-16-14-12-10-8-6-4-2/h42-45H,3-39H2,1-2H3. The van der Waals surface area contributed by atoms with Crippen molar-refractivity contribution < 1.29 is 20.4 Å². The Labute approximate surface area is 303 Å². The summed E-state index contributed by atoms with van der Waals surface area (Å²) in [4.78, 5) is 0. The van der Waals surface area contributed by atoms with Gasteiger partial charge in [-0.15, -0.1) is 23.5 Å². The Balaban J connectivity index is 3.94. The number of hydrogen-bond donors (Lipinski definition) is 4. The molecule has 0 aliphatic carbocycles. The van der Waals surface area contributed by atoms with Crippen LogP contribution in [0.25, 0.3) is 0 Å². The fourth-order valence-electron chi connectivity index (χ4n) is 6.52. The summed E-state index contributed by atoms with van der Waals surface area (Å²) >= 11 is 2.84. The highest BCUT2D eigenvalue weighted by atomic mass is 32.2. The lowest BCUT2D eigenvalue weighted by Crippen LogP contribution is -2.52. The molecule has 4 N–H and O–H groups in total. The van der Waals surface area contributed by atoms with Crippen LogP contribution in [0.15, 0.2) is 0 Å². The van der Waals surface area contributed by atoms with Gasteiger partial charge in [0.05, 0.1) is 25.2 Å². The third-order valence-corrected chi connectivity index (χ3v) is 13.5. The van der Waals surface area contributed by atoms with Crippen molar-refractivity contribution in [2.24, 2.45) is 5.41 Å². The van der Waals surface area contributed by atoms with E-state index in [1.165, 1.54) is 203 Å². The normalized spacial score (nSPS) is 12.4. The van der Waals surface area contributed by atoms with E-state index in [1.54, 1.807) is 0 Å². The summed E-state index contributed by atoms with van der Waals surface area (Å²) in [6.45, 7) is 3.30. The maximum absolute atomic E-state index is 11.6. The summed E-state index contributed by atoms with van der Waals surface area (Å²) in [7, 11) is 0. The number of rotatable bonds is 40. The monoisotopic (exact) mass is 705 g/mol. The van der Waals surface area contributed by atoms with E-state index in [4.69, 9.17) is 0 Å². The Morgan fingerprint density at radius 3 is 0.702 bits per heavy atom. The summed E-state index contributed by atoms with van der Waals surface area (Å²) in [5, 5.41) is 41.9. The van der Waals surface area contributed by atoms with Gasteiger partial charge >= 0.3 is 0 Å². The van der Waals surface area contributed by atoms with Crippen LogP contribution in [0.5, 0.6) is 0 Å². The van der Waals surface area contributed by atoms with Crippen LogP contribution in [0, 0.1) is 5.41 Å². The van der Waals surface area contributed by atoms with Crippen LogP contribution in [-0.4, -0.2) is 56.0 Å². The van der Waals surface area contributed by atoms with Crippen molar-refractivity contribution in [3.05, 3.63) is 0 Å². The SMILES string of the molecule is CCCCCCCCCCCCCCCCCCSC(O)(SCCCCCCCCCCCCCCCCCC)C(CO)(CO)CO. The van der Waals surface area contributed by atoms with Gasteiger partial charge in [0.25, 0.3) is 0 Å². The van der Waals surface area contributed by atoms with Gasteiger partial charge in [-0.2, -0.15) is 0 Å². The predicted octanol–water partition coefficient (Wildman–Crippen LogP) is 12.6. The van der Waals surface area contributed by atoms with E-state index < -0.39 is 29.5 Å². The van der Waals surface area contributed by atoms with Crippen LogP contribution in [0.3, 0.4) is 0 Å². The van der Waals surface area contributed by atoms with Crippen LogP contribution in [0.4, 0.5) is 0 Å². The third-order valence-electron chi connectivity index (χ3n) is 10.2. The number of thioether (sulfide) groups is 2. The first kappa shape index (κ1) is 47.5. The van der Waals surface area contributed by atoms with Gasteiger partial charge < -0.3 is 20.4 Å². The zero-order valence-electron chi connectivity index (χ0n) is 31.8. The summed E-state index contributed by atoms with van der Waals surface area (Å²) in [5.41, 5.74) is -1.30. The quantitative estimate of drug-likeness (QED) is 0.0375. The van der Waals surface area contributed by atoms with Gasteiger partial charge in [-0.05, 0) is 24.3 Å². The lowest BCUT2D eigenvalue weighted by atomic mass is 9.92. The van der Waals surface area contributed by atoms with Crippen LogP contribution in [-0.2, 0) is 0 Å². The average Bonchev–Trinajstić information content (AvgIpc) is 3.08. The Morgan fingerprint density at radius 1 is 0.319 bits per heavy atom. The zero-order chi connectivity index (χ0) is 34.6. The zero-order valence-corrected chi connectivity index (χ0v) is 33.4. The van der Waals surface area contributed by atoms with E-state index in [9.17, 15) is 20.4 Å². The minimum atomic E-state index is -1.38. The number of hydrogen-bond acceptors (Lipinski definition) is 6.